The molecule has 0 bridgehead atoms. The zero-order valence-electron chi connectivity index (χ0n) is 19.5. The van der Waals surface area contributed by atoms with E-state index in [1.54, 1.807) is 7.11 Å². The van der Waals surface area contributed by atoms with Gasteiger partial charge in [0, 0.05) is 31.9 Å². The summed E-state index contributed by atoms with van der Waals surface area (Å²) in [4.78, 5) is 7.25. The number of methoxy groups -OCH3 is 1. The van der Waals surface area contributed by atoms with Gasteiger partial charge >= 0.3 is 0 Å². The number of hydrogen-bond donors (Lipinski definition) is 2. The predicted octanol–water partition coefficient (Wildman–Crippen LogP) is 4.40. The Bertz CT molecular complexity index is 823. The van der Waals surface area contributed by atoms with Crippen LogP contribution in [0.25, 0.3) is 0 Å². The minimum Gasteiger partial charge on any atom is -0.497 e. The third-order valence-electron chi connectivity index (χ3n) is 5.65. The van der Waals surface area contributed by atoms with Crippen LogP contribution >= 0.6 is 24.0 Å². The summed E-state index contributed by atoms with van der Waals surface area (Å²) in [7, 11) is 1.70. The molecule has 3 rings (SSSR count). The molecule has 1 aliphatic rings. The molecule has 7 heteroatoms. The van der Waals surface area contributed by atoms with Gasteiger partial charge in [0.15, 0.2) is 5.96 Å². The molecule has 0 aromatic heterocycles. The van der Waals surface area contributed by atoms with Crippen molar-refractivity contribution in [2.24, 2.45) is 4.99 Å². The Morgan fingerprint density at radius 1 is 1.09 bits per heavy atom. The van der Waals surface area contributed by atoms with E-state index in [-0.39, 0.29) is 24.0 Å². The summed E-state index contributed by atoms with van der Waals surface area (Å²) < 4.78 is 10.8. The van der Waals surface area contributed by atoms with E-state index >= 15 is 0 Å². The average molecular weight is 553 g/mol. The first-order valence-electron chi connectivity index (χ1n) is 11.3. The minimum absolute atomic E-state index is 0. The number of anilines is 1. The molecule has 176 valence electrons. The molecule has 0 radical (unpaired) electrons. The number of nitrogens with one attached hydrogen (secondary N) is 2. The van der Waals surface area contributed by atoms with Gasteiger partial charge in [0.25, 0.3) is 0 Å². The van der Waals surface area contributed by atoms with Crippen molar-refractivity contribution in [1.29, 1.82) is 0 Å². The molecule has 1 fully saturated rings. The second-order valence-corrected chi connectivity index (χ2v) is 7.81. The van der Waals surface area contributed by atoms with Gasteiger partial charge in [0.1, 0.15) is 5.75 Å². The number of halogens is 1. The lowest BCUT2D eigenvalue weighted by Crippen LogP contribution is -2.38. The van der Waals surface area contributed by atoms with Crippen molar-refractivity contribution in [3.05, 3.63) is 59.7 Å². The van der Waals surface area contributed by atoms with E-state index < -0.39 is 0 Å². The van der Waals surface area contributed by atoms with Crippen LogP contribution in [-0.4, -0.2) is 52.5 Å². The summed E-state index contributed by atoms with van der Waals surface area (Å²) >= 11 is 0. The van der Waals surface area contributed by atoms with Crippen LogP contribution in [0.4, 0.5) is 5.69 Å². The molecule has 1 unspecified atom stereocenters. The van der Waals surface area contributed by atoms with Crippen LogP contribution in [0.2, 0.25) is 0 Å². The van der Waals surface area contributed by atoms with Crippen molar-refractivity contribution in [3.8, 4) is 5.75 Å². The summed E-state index contributed by atoms with van der Waals surface area (Å²) in [6, 6.07) is 16.9. The molecule has 6 nitrogen and oxygen atoms in total. The number of para-hydroxylation sites is 1. The minimum atomic E-state index is 0. The van der Waals surface area contributed by atoms with Crippen molar-refractivity contribution < 1.29 is 9.47 Å². The van der Waals surface area contributed by atoms with Crippen molar-refractivity contribution >= 4 is 35.6 Å². The molecule has 0 aliphatic carbocycles. The Morgan fingerprint density at radius 3 is 2.50 bits per heavy atom. The van der Waals surface area contributed by atoms with Crippen LogP contribution in [-0.2, 0) is 11.3 Å². The van der Waals surface area contributed by atoms with Gasteiger partial charge in [-0.2, -0.15) is 0 Å². The van der Waals surface area contributed by atoms with Crippen LogP contribution in [0.1, 0.15) is 37.3 Å². The maximum atomic E-state index is 5.50. The second kappa shape index (κ2) is 14.2. The molecule has 1 saturated heterocycles. The lowest BCUT2D eigenvalue weighted by Gasteiger charge is -2.30. The van der Waals surface area contributed by atoms with Crippen LogP contribution in [0, 0.1) is 0 Å². The van der Waals surface area contributed by atoms with Gasteiger partial charge in [0.05, 0.1) is 26.9 Å². The van der Waals surface area contributed by atoms with E-state index in [1.165, 1.54) is 16.8 Å². The normalized spacial score (nSPS) is 15.0. The summed E-state index contributed by atoms with van der Waals surface area (Å²) in [5, 5.41) is 6.86. The quantitative estimate of drug-likeness (QED) is 0.275. The fraction of sp³-hybridized carbons (Fsp3) is 0.480. The number of nitrogens with zero attached hydrogens (tertiary/aromatic N) is 2. The van der Waals surface area contributed by atoms with Gasteiger partial charge in [-0.1, -0.05) is 37.3 Å². The highest BCUT2D eigenvalue weighted by atomic mass is 127. The number of hydrogen-bond acceptors (Lipinski definition) is 4. The topological polar surface area (TPSA) is 58.1 Å². The highest BCUT2D eigenvalue weighted by Gasteiger charge is 2.14. The Hall–Kier alpha value is -2.00. The first-order chi connectivity index (χ1) is 15.2. The van der Waals surface area contributed by atoms with E-state index in [9.17, 15) is 0 Å². The highest BCUT2D eigenvalue weighted by molar-refractivity contribution is 14.0. The first kappa shape index (κ1) is 26.3. The molecule has 1 atom stereocenters. The maximum absolute atomic E-state index is 5.50. The number of aliphatic imine (C=N–C) groups is 1. The monoisotopic (exact) mass is 552 g/mol. The zero-order valence-corrected chi connectivity index (χ0v) is 21.8. The third kappa shape index (κ3) is 7.85. The molecule has 1 aliphatic heterocycles. The number of guanidine groups is 1. The molecular formula is C25H37IN4O2. The molecule has 0 spiro atoms. The van der Waals surface area contributed by atoms with Crippen LogP contribution in [0.15, 0.2) is 53.5 Å². The van der Waals surface area contributed by atoms with E-state index in [4.69, 9.17) is 14.5 Å². The van der Waals surface area contributed by atoms with Crippen LogP contribution in [0.5, 0.6) is 5.75 Å². The van der Waals surface area contributed by atoms with Crippen LogP contribution in [0.3, 0.4) is 0 Å². The Balaban J connectivity index is 0.00000363. The SMILES string of the molecule is CCNC(=NCc1ccccc1N1CCOCC1)NCCC(C)c1ccc(OC)cc1.I. The largest absolute Gasteiger partial charge is 0.497 e. The number of ether oxygens (including phenoxy) is 2. The van der Waals surface area contributed by atoms with Gasteiger partial charge in [-0.25, -0.2) is 4.99 Å². The van der Waals surface area contributed by atoms with Crippen molar-refractivity contribution in [2.75, 3.05) is 51.4 Å². The maximum Gasteiger partial charge on any atom is 0.191 e. The van der Waals surface area contributed by atoms with Gasteiger partial charge < -0.3 is 25.0 Å². The molecule has 2 N–H and O–H groups in total. The summed E-state index contributed by atoms with van der Waals surface area (Å²) in [6.45, 7) is 10.1. The number of morpholine rings is 1. The average Bonchev–Trinajstić information content (AvgIpc) is 2.83. The molecule has 2 aromatic carbocycles. The smallest absolute Gasteiger partial charge is 0.191 e. The third-order valence-corrected chi connectivity index (χ3v) is 5.65. The summed E-state index contributed by atoms with van der Waals surface area (Å²) in [6.07, 6.45) is 1.03. The fourth-order valence-corrected chi connectivity index (χ4v) is 3.77. The van der Waals surface area contributed by atoms with Gasteiger partial charge in [-0.15, -0.1) is 24.0 Å². The van der Waals surface area contributed by atoms with Gasteiger partial charge in [-0.05, 0) is 48.6 Å². The fourth-order valence-electron chi connectivity index (χ4n) is 3.77. The van der Waals surface area contributed by atoms with Crippen LogP contribution < -0.4 is 20.3 Å². The molecule has 32 heavy (non-hydrogen) atoms. The van der Waals surface area contributed by atoms with Gasteiger partial charge in [0.2, 0.25) is 0 Å². The molecule has 1 heterocycles. The van der Waals surface area contributed by atoms with E-state index in [0.29, 0.717) is 12.5 Å². The predicted molar refractivity (Wildman–Crippen MR) is 144 cm³/mol. The molecular weight excluding hydrogens is 515 g/mol. The lowest BCUT2D eigenvalue weighted by atomic mass is 9.98. The summed E-state index contributed by atoms with van der Waals surface area (Å²) in [5.74, 6) is 2.22. The van der Waals surface area contributed by atoms with Crippen molar-refractivity contribution in [2.45, 2.75) is 32.7 Å². The first-order valence-corrected chi connectivity index (χ1v) is 11.3. The Labute approximate surface area is 209 Å². The highest BCUT2D eigenvalue weighted by Crippen LogP contribution is 2.23. The zero-order chi connectivity index (χ0) is 21.9. The van der Waals surface area contributed by atoms with Gasteiger partial charge in [-0.3, -0.25) is 0 Å². The van der Waals surface area contributed by atoms with E-state index in [2.05, 4.69) is 65.8 Å². The van der Waals surface area contributed by atoms with E-state index in [1.807, 2.05) is 12.1 Å². The molecule has 0 amide bonds. The Kier molecular flexibility index (Phi) is 11.7. The lowest BCUT2D eigenvalue weighted by molar-refractivity contribution is 0.122. The van der Waals surface area contributed by atoms with E-state index in [0.717, 1.165) is 57.5 Å². The molecule has 0 saturated carbocycles. The Morgan fingerprint density at radius 2 is 1.81 bits per heavy atom. The standard InChI is InChI=1S/C25H36N4O2.HI/c1-4-26-25(27-14-13-20(2)21-9-11-23(30-3)12-10-21)28-19-22-7-5-6-8-24(22)29-15-17-31-18-16-29;/h5-12,20H,4,13-19H2,1-3H3,(H2,26,27,28);1H. The van der Waals surface area contributed by atoms with Crippen molar-refractivity contribution in [3.63, 3.8) is 0 Å². The second-order valence-electron chi connectivity index (χ2n) is 7.81. The molecule has 2 aromatic rings. The summed E-state index contributed by atoms with van der Waals surface area (Å²) in [5.41, 5.74) is 3.83. The van der Waals surface area contributed by atoms with Crippen molar-refractivity contribution in [1.82, 2.24) is 10.6 Å². The number of benzene rings is 2. The number of rotatable bonds is 9.